The topological polar surface area (TPSA) is 69.0 Å². The van der Waals surface area contributed by atoms with Gasteiger partial charge in [0.25, 0.3) is 5.91 Å². The van der Waals surface area contributed by atoms with E-state index in [0.717, 1.165) is 11.1 Å². The largest absolute Gasteiger partial charge is 0.275 e. The Labute approximate surface area is 166 Å². The fourth-order valence-corrected chi connectivity index (χ4v) is 3.11. The van der Waals surface area contributed by atoms with Gasteiger partial charge in [0.15, 0.2) is 5.65 Å². The van der Waals surface area contributed by atoms with E-state index in [-0.39, 0.29) is 11.7 Å². The van der Waals surface area contributed by atoms with Crippen molar-refractivity contribution in [3.05, 3.63) is 83.8 Å². The maximum absolute atomic E-state index is 13.6. The third kappa shape index (κ3) is 4.00. The van der Waals surface area contributed by atoms with Crippen LogP contribution in [-0.4, -0.2) is 27.3 Å². The van der Waals surface area contributed by atoms with Crippen LogP contribution in [0.1, 0.15) is 22.8 Å². The molecule has 0 aliphatic rings. The van der Waals surface area contributed by atoms with Crippen molar-refractivity contribution in [1.82, 2.24) is 20.2 Å². The van der Waals surface area contributed by atoms with Crippen LogP contribution < -0.4 is 5.48 Å². The quantitative estimate of drug-likeness (QED) is 0.506. The molecule has 29 heavy (non-hydrogen) atoms. The number of aromatic nitrogens is 3. The summed E-state index contributed by atoms with van der Waals surface area (Å²) in [6, 6.07) is 17.6. The van der Waals surface area contributed by atoms with E-state index in [1.165, 1.54) is 12.1 Å². The van der Waals surface area contributed by atoms with E-state index in [4.69, 9.17) is 9.82 Å². The standard InChI is InChI=1S/C22H19FN4O2/c1-2-29-26-22(28)18-12-20(16-8-4-3-5-9-16)25-21-19(18)13-24-27(21)14-15-7-6-10-17(23)11-15/h3-13H,2,14H2,1H3,(H,26,28). The van der Waals surface area contributed by atoms with Crippen molar-refractivity contribution in [3.8, 4) is 11.3 Å². The van der Waals surface area contributed by atoms with Crippen molar-refractivity contribution < 1.29 is 14.0 Å². The van der Waals surface area contributed by atoms with Gasteiger partial charge in [0.2, 0.25) is 0 Å². The van der Waals surface area contributed by atoms with Crippen molar-refractivity contribution in [1.29, 1.82) is 0 Å². The molecule has 1 amide bonds. The molecule has 0 radical (unpaired) electrons. The number of hydrogen-bond donors (Lipinski definition) is 1. The first-order valence-electron chi connectivity index (χ1n) is 9.24. The van der Waals surface area contributed by atoms with Crippen LogP contribution in [0.25, 0.3) is 22.3 Å². The number of hydroxylamine groups is 1. The van der Waals surface area contributed by atoms with Gasteiger partial charge >= 0.3 is 0 Å². The highest BCUT2D eigenvalue weighted by atomic mass is 19.1. The summed E-state index contributed by atoms with van der Waals surface area (Å²) in [5.41, 5.74) is 5.65. The normalized spacial score (nSPS) is 11.0. The molecule has 0 unspecified atom stereocenters. The average Bonchev–Trinajstić information content (AvgIpc) is 3.14. The van der Waals surface area contributed by atoms with Gasteiger partial charge in [0.1, 0.15) is 5.82 Å². The fourth-order valence-electron chi connectivity index (χ4n) is 3.11. The molecule has 4 aromatic rings. The minimum absolute atomic E-state index is 0.311. The summed E-state index contributed by atoms with van der Waals surface area (Å²) in [4.78, 5) is 22.5. The summed E-state index contributed by atoms with van der Waals surface area (Å²) in [5, 5.41) is 4.98. The molecule has 0 saturated carbocycles. The van der Waals surface area contributed by atoms with E-state index in [0.29, 0.717) is 35.4 Å². The minimum Gasteiger partial charge on any atom is -0.274 e. The Bertz CT molecular complexity index is 1160. The number of pyridine rings is 1. The summed E-state index contributed by atoms with van der Waals surface area (Å²) < 4.78 is 15.2. The number of amides is 1. The van der Waals surface area contributed by atoms with Gasteiger partial charge < -0.3 is 0 Å². The lowest BCUT2D eigenvalue weighted by Crippen LogP contribution is -2.24. The predicted octanol–water partition coefficient (Wildman–Crippen LogP) is 3.97. The maximum Gasteiger partial charge on any atom is 0.275 e. The van der Waals surface area contributed by atoms with Crippen LogP contribution in [0.2, 0.25) is 0 Å². The van der Waals surface area contributed by atoms with Gasteiger partial charge in [-0.3, -0.25) is 9.63 Å². The first-order valence-corrected chi connectivity index (χ1v) is 9.24. The molecular formula is C22H19FN4O2. The van der Waals surface area contributed by atoms with E-state index >= 15 is 0 Å². The Morgan fingerprint density at radius 1 is 1.14 bits per heavy atom. The fraction of sp³-hybridized carbons (Fsp3) is 0.136. The molecule has 0 bridgehead atoms. The van der Waals surface area contributed by atoms with Gasteiger partial charge in [-0.05, 0) is 30.7 Å². The minimum atomic E-state index is -0.373. The van der Waals surface area contributed by atoms with Gasteiger partial charge in [-0.15, -0.1) is 0 Å². The third-order valence-electron chi connectivity index (χ3n) is 4.45. The van der Waals surface area contributed by atoms with Crippen LogP contribution in [0.5, 0.6) is 0 Å². The first kappa shape index (κ1) is 18.8. The number of carbonyl (C=O) groups excluding carboxylic acids is 1. The molecule has 2 aromatic carbocycles. The van der Waals surface area contributed by atoms with Crippen molar-refractivity contribution >= 4 is 16.9 Å². The lowest BCUT2D eigenvalue weighted by Gasteiger charge is -2.09. The number of carbonyl (C=O) groups is 1. The highest BCUT2D eigenvalue weighted by Gasteiger charge is 2.18. The van der Waals surface area contributed by atoms with Gasteiger partial charge in [0, 0.05) is 5.56 Å². The van der Waals surface area contributed by atoms with Crippen molar-refractivity contribution in [3.63, 3.8) is 0 Å². The van der Waals surface area contributed by atoms with Gasteiger partial charge in [0.05, 0.1) is 36.0 Å². The molecule has 0 saturated heterocycles. The predicted molar refractivity (Wildman–Crippen MR) is 108 cm³/mol. The molecular weight excluding hydrogens is 371 g/mol. The molecule has 1 N–H and O–H groups in total. The maximum atomic E-state index is 13.6. The molecule has 4 rings (SSSR count). The lowest BCUT2D eigenvalue weighted by atomic mass is 10.1. The number of hydrogen-bond acceptors (Lipinski definition) is 4. The Morgan fingerprint density at radius 3 is 2.72 bits per heavy atom. The number of rotatable bonds is 6. The second-order valence-electron chi connectivity index (χ2n) is 6.45. The third-order valence-corrected chi connectivity index (χ3v) is 4.45. The highest BCUT2D eigenvalue weighted by molar-refractivity contribution is 6.06. The van der Waals surface area contributed by atoms with E-state index in [1.807, 2.05) is 36.4 Å². The first-order chi connectivity index (χ1) is 14.2. The Morgan fingerprint density at radius 2 is 1.97 bits per heavy atom. The molecule has 2 heterocycles. The zero-order chi connectivity index (χ0) is 20.2. The zero-order valence-corrected chi connectivity index (χ0v) is 15.8. The van der Waals surface area contributed by atoms with Gasteiger partial charge in [-0.2, -0.15) is 5.10 Å². The molecule has 146 valence electrons. The van der Waals surface area contributed by atoms with E-state index in [2.05, 4.69) is 10.6 Å². The lowest BCUT2D eigenvalue weighted by molar-refractivity contribution is 0.0366. The number of benzene rings is 2. The van der Waals surface area contributed by atoms with Crippen LogP contribution in [0.4, 0.5) is 4.39 Å². The van der Waals surface area contributed by atoms with Gasteiger partial charge in [-0.25, -0.2) is 19.5 Å². The van der Waals surface area contributed by atoms with E-state index < -0.39 is 0 Å². The van der Waals surface area contributed by atoms with Crippen LogP contribution >= 0.6 is 0 Å². The number of halogens is 1. The van der Waals surface area contributed by atoms with Crippen molar-refractivity contribution in [2.75, 3.05) is 6.61 Å². The van der Waals surface area contributed by atoms with Gasteiger partial charge in [-0.1, -0.05) is 42.5 Å². The molecule has 0 fully saturated rings. The van der Waals surface area contributed by atoms with Crippen LogP contribution in [0, 0.1) is 5.82 Å². The van der Waals surface area contributed by atoms with Crippen molar-refractivity contribution in [2.24, 2.45) is 0 Å². The monoisotopic (exact) mass is 390 g/mol. The van der Waals surface area contributed by atoms with E-state index in [9.17, 15) is 9.18 Å². The SMILES string of the molecule is CCONC(=O)c1cc(-c2ccccc2)nc2c1cnn2Cc1cccc(F)c1. The molecule has 0 aliphatic heterocycles. The Kier molecular flexibility index (Phi) is 5.31. The summed E-state index contributed by atoms with van der Waals surface area (Å²) in [5.74, 6) is -0.685. The smallest absolute Gasteiger partial charge is 0.274 e. The van der Waals surface area contributed by atoms with E-state index in [1.54, 1.807) is 29.9 Å². The molecule has 7 heteroatoms. The number of nitrogens with zero attached hydrogens (tertiary/aromatic N) is 3. The summed E-state index contributed by atoms with van der Waals surface area (Å²) in [7, 11) is 0. The molecule has 0 aliphatic carbocycles. The van der Waals surface area contributed by atoms with Crippen LogP contribution in [0.15, 0.2) is 66.9 Å². The zero-order valence-electron chi connectivity index (χ0n) is 15.8. The Balaban J connectivity index is 1.83. The molecule has 6 nitrogen and oxygen atoms in total. The van der Waals surface area contributed by atoms with Crippen LogP contribution in [-0.2, 0) is 11.4 Å². The average molecular weight is 390 g/mol. The second-order valence-corrected chi connectivity index (χ2v) is 6.45. The summed E-state index contributed by atoms with van der Waals surface area (Å²) in [6.45, 7) is 2.47. The van der Waals surface area contributed by atoms with Crippen LogP contribution in [0.3, 0.4) is 0 Å². The number of fused-ring (bicyclic) bond motifs is 1. The summed E-state index contributed by atoms with van der Waals surface area (Å²) in [6.07, 6.45) is 1.59. The number of nitrogens with one attached hydrogen (secondary N) is 1. The highest BCUT2D eigenvalue weighted by Crippen LogP contribution is 2.25. The summed E-state index contributed by atoms with van der Waals surface area (Å²) >= 11 is 0. The van der Waals surface area contributed by atoms with Crippen molar-refractivity contribution in [2.45, 2.75) is 13.5 Å². The Hall–Kier alpha value is -3.58. The molecule has 0 atom stereocenters. The molecule has 0 spiro atoms. The second kappa shape index (κ2) is 8.20. The molecule has 2 aromatic heterocycles.